The molecule has 0 aliphatic carbocycles. The standard InChI is InChI=1S/C15H14N2O2.C14H11ClN2O.2C14H10N2O.C8H7ClO2.C7H4Cl2O.2C7H8N2.CH4.B.2I3/c1-19-15(18)12-9-5-6-10-13(12)17-14(16)11-7-3-2-4-8-11;15-12-9-5-4-8-11(12)14(18)17-13(16)10-6-2-1-3-7-10;2*17-14-11-8-4-5-9-12(11)15-13(16-14)10-6-2-1-3-7-10;1-11-8(10)6-4-2-3-5-7(6)9;8-6-4-2-1-3-5(6)7(9)10;2*8-7(9)6-4-2-1-3-5-6;;;2*1-3-2/h2-10H,1H3,(H2,16,17);1-9H,(H2,16,17,18);2*1-9H,(H,15,16,17);2-5H,1H3;1-4H;2*1-5H,(H3,8,9);1H4;;;/q;;;;;;;;;;2*-1. The summed E-state index contributed by atoms with van der Waals surface area (Å²) in [6, 6.07) is 97.9. The predicted octanol–water partition coefficient (Wildman–Crippen LogP) is 15.2. The minimum atomic E-state index is -0.523. The summed E-state index contributed by atoms with van der Waals surface area (Å²) in [5.41, 5.74) is 30.2. The number of rotatable bonds is 11. The van der Waals surface area contributed by atoms with Crippen LogP contribution >= 0.6 is 121 Å². The molecule has 118 heavy (non-hydrogen) atoms. The second-order valence-electron chi connectivity index (χ2n) is 22.5. The Balaban J connectivity index is 0.000000349. The monoisotopic (exact) mass is 2330 g/mol. The molecule has 12 N–H and O–H groups in total. The number of amidine groups is 4. The molecule has 0 unspecified atom stereocenters. The van der Waals surface area contributed by atoms with Gasteiger partial charge in [-0.25, -0.2) is 24.5 Å². The molecule has 31 heteroatoms. The third-order valence-electron chi connectivity index (χ3n) is 14.9. The van der Waals surface area contributed by atoms with E-state index in [1.54, 1.807) is 121 Å². The zero-order valence-corrected chi connectivity index (χ0v) is 77.9. The maximum absolute atomic E-state index is 11.9. The molecule has 0 saturated heterocycles. The Kier molecular flexibility index (Phi) is 51.0. The molecule has 20 nitrogen and oxygen atoms in total. The van der Waals surface area contributed by atoms with Gasteiger partial charge in [0.25, 0.3) is 22.3 Å². The van der Waals surface area contributed by atoms with Crippen LogP contribution in [0.5, 0.6) is 0 Å². The number of esters is 2. The van der Waals surface area contributed by atoms with Crippen LogP contribution in [0.1, 0.15) is 71.1 Å². The van der Waals surface area contributed by atoms with Crippen molar-refractivity contribution in [2.24, 2.45) is 32.9 Å². The van der Waals surface area contributed by atoms with Gasteiger partial charge in [0, 0.05) is 41.8 Å². The number of carbonyl (C=O) groups excluding carboxylic acids is 4. The van der Waals surface area contributed by atoms with E-state index in [4.69, 9.17) is 84.9 Å². The van der Waals surface area contributed by atoms with Crippen molar-refractivity contribution in [1.29, 1.82) is 10.8 Å². The zero-order chi connectivity index (χ0) is 84.6. The van der Waals surface area contributed by atoms with Gasteiger partial charge >= 0.3 is 113 Å². The number of aromatic amines is 2. The van der Waals surface area contributed by atoms with E-state index >= 15 is 0 Å². The number of aromatic nitrogens is 4. The Morgan fingerprint density at radius 2 is 0.669 bits per heavy atom. The number of hydrogen-bond donors (Lipinski definition) is 8. The number of halogens is 10. The summed E-state index contributed by atoms with van der Waals surface area (Å²) in [6.07, 6.45) is 0. The Bertz CT molecular complexity index is 5480. The number of nitrogen functional groups attached to an aromatic ring is 2. The van der Waals surface area contributed by atoms with Crippen molar-refractivity contribution in [1.82, 2.24) is 19.9 Å². The summed E-state index contributed by atoms with van der Waals surface area (Å²) in [6.45, 7) is 0. The first-order valence-corrected chi connectivity index (χ1v) is 60.3. The van der Waals surface area contributed by atoms with Gasteiger partial charge in [-0.3, -0.25) is 30.0 Å². The Hall–Kier alpha value is -9.32. The van der Waals surface area contributed by atoms with Gasteiger partial charge in [-0.1, -0.05) is 297 Å². The van der Waals surface area contributed by atoms with Gasteiger partial charge in [-0.15, -0.1) is 0 Å². The maximum atomic E-state index is 11.9. The average Bonchev–Trinajstić information content (AvgIpc) is 0.810. The molecule has 2 aromatic heterocycles. The molecule has 2 heterocycles. The van der Waals surface area contributed by atoms with Gasteiger partial charge in [0.05, 0.1) is 79.0 Å². The smallest absolute Gasteiger partial charge is 0.280 e. The van der Waals surface area contributed by atoms with Crippen molar-refractivity contribution in [3.63, 3.8) is 0 Å². The van der Waals surface area contributed by atoms with Gasteiger partial charge in [0.1, 0.15) is 35.0 Å². The number of methoxy groups -OCH3 is 2. The first-order chi connectivity index (χ1) is 56.0. The van der Waals surface area contributed by atoms with E-state index in [1.165, 1.54) is 14.2 Å². The molecule has 0 saturated carbocycles. The summed E-state index contributed by atoms with van der Waals surface area (Å²) in [4.78, 5) is 91.4. The number of benzene rings is 12. The van der Waals surface area contributed by atoms with E-state index in [0.29, 0.717) is 103 Å². The molecule has 1 amide bonds. The molecule has 3 radical (unpaired) electrons. The van der Waals surface area contributed by atoms with Crippen LogP contribution in [-0.4, -0.2) is 89.0 Å². The molecule has 0 fully saturated rings. The number of nitrogens with one attached hydrogen (secondary N) is 4. The zero-order valence-electron chi connectivity index (χ0n) is 61.9. The number of carbonyl (C=O) groups is 4. The van der Waals surface area contributed by atoms with Crippen LogP contribution in [0.3, 0.4) is 0 Å². The maximum Gasteiger partial charge on any atom is 0.280 e. The van der Waals surface area contributed by atoms with E-state index in [9.17, 15) is 28.8 Å². The van der Waals surface area contributed by atoms with E-state index in [0.717, 1.165) is 38.9 Å². The fourth-order valence-electron chi connectivity index (χ4n) is 9.37. The number of H-pyrrole nitrogens is 2. The number of hydrogen-bond acceptors (Lipinski definition) is 13. The quantitative estimate of drug-likeness (QED) is 0.0149. The molecule has 0 spiro atoms. The number of nitrogens with two attached hydrogens (primary N) is 4. The SMILES string of the molecule is C.COC(=O)c1ccccc1Cl.COC(=O)c1ccccc1N=C(N)c1ccccc1.I[I-]I.I[I-]I.N=C(N)c1ccccc1.N=C(N)c1ccccc1.NC(=NC(=O)c1ccccc1Cl)c1ccccc1.O=C(Cl)c1ccccc1Cl.O=c1[nH]c(-c2ccccc2)nc2ccccc12.O=c1[nH]c(-c2ccccc2)nc2ccccc12.[B]. The van der Waals surface area contributed by atoms with Crippen LogP contribution in [0.2, 0.25) is 15.1 Å². The van der Waals surface area contributed by atoms with Crippen LogP contribution in [0.15, 0.2) is 347 Å². The van der Waals surface area contributed by atoms with Gasteiger partial charge in [0.2, 0.25) is 0 Å². The summed E-state index contributed by atoms with van der Waals surface area (Å²) in [5, 5.41) is 15.9. The predicted molar refractivity (Wildman–Crippen MR) is 511 cm³/mol. The minimum Gasteiger partial charge on any atom is -0.384 e. The van der Waals surface area contributed by atoms with Gasteiger partial charge in [-0.2, -0.15) is 4.99 Å². The summed E-state index contributed by atoms with van der Waals surface area (Å²) in [7, 11) is 2.66. The number of ether oxygens (including phenoxy) is 2. The Morgan fingerprint density at radius 1 is 0.390 bits per heavy atom. The van der Waals surface area contributed by atoms with Crippen LogP contribution in [-0.2, 0) is 9.47 Å². The third kappa shape index (κ3) is 36.5. The molecular formula is C87H76BCl4I6N12O8-2. The van der Waals surface area contributed by atoms with Crippen LogP contribution in [0.25, 0.3) is 44.6 Å². The molecule has 0 bridgehead atoms. The molecule has 607 valence electrons. The molecule has 12 aromatic carbocycles. The van der Waals surface area contributed by atoms with Gasteiger partial charge in [0.15, 0.2) is 0 Å². The minimum absolute atomic E-state index is 0. The first-order valence-electron chi connectivity index (χ1n) is 33.6. The van der Waals surface area contributed by atoms with Crippen LogP contribution < -0.4 is 60.6 Å². The van der Waals surface area contributed by atoms with E-state index in [1.807, 2.05) is 206 Å². The number of aliphatic imine (C=N–C) groups is 2. The van der Waals surface area contributed by atoms with Gasteiger partial charge in [-0.05, 0) is 84.4 Å². The first kappa shape index (κ1) is 103. The van der Waals surface area contributed by atoms with Crippen molar-refractivity contribution < 1.29 is 55.2 Å². The summed E-state index contributed by atoms with van der Waals surface area (Å²) < 4.78 is 9.21. The number of para-hydroxylation sites is 3. The molecule has 14 rings (SSSR count). The summed E-state index contributed by atoms with van der Waals surface area (Å²) in [5.74, 6) is 0.713. The number of nitrogens with zero attached hydrogens (tertiary/aromatic N) is 4. The molecule has 14 aromatic rings. The van der Waals surface area contributed by atoms with Crippen molar-refractivity contribution in [2.75, 3.05) is 14.2 Å². The molecule has 0 atom stereocenters. The largest absolute Gasteiger partial charge is 0.384 e. The fraction of sp³-hybridized carbons (Fsp3) is 0.0345. The van der Waals surface area contributed by atoms with Crippen LogP contribution in [0.4, 0.5) is 5.69 Å². The topological polar surface area (TPSA) is 355 Å². The molecular weight excluding hydrogens is 2260 g/mol. The molecule has 0 aliphatic heterocycles. The van der Waals surface area contributed by atoms with E-state index in [-0.39, 0.29) is 44.5 Å². The molecule has 0 aliphatic rings. The van der Waals surface area contributed by atoms with Crippen molar-refractivity contribution in [3.05, 3.63) is 408 Å². The second-order valence-corrected chi connectivity index (χ2v) is 56.6. The number of amides is 1. The second kappa shape index (κ2) is 58.5. The summed E-state index contributed by atoms with van der Waals surface area (Å²) >= 11 is 33.0. The van der Waals surface area contributed by atoms with Crippen molar-refractivity contribution in [2.45, 2.75) is 7.43 Å². The van der Waals surface area contributed by atoms with Crippen LogP contribution in [0, 0.1) is 10.8 Å². The normalized spacial score (nSPS) is 9.95. The Morgan fingerprint density at radius 3 is 1.00 bits per heavy atom. The van der Waals surface area contributed by atoms with Crippen molar-refractivity contribution in [3.8, 4) is 22.8 Å². The van der Waals surface area contributed by atoms with Crippen molar-refractivity contribution >= 4 is 203 Å². The van der Waals surface area contributed by atoms with Gasteiger partial charge < -0.3 is 42.4 Å². The van der Waals surface area contributed by atoms with E-state index < -0.39 is 23.1 Å². The Labute approximate surface area is 765 Å². The van der Waals surface area contributed by atoms with E-state index in [2.05, 4.69) is 109 Å². The fourth-order valence-corrected chi connectivity index (χ4v) is 10.2. The average molecular weight is 2330 g/mol. The number of fused-ring (bicyclic) bond motifs is 2. The third-order valence-corrected chi connectivity index (χ3v) is 16.1.